The van der Waals surface area contributed by atoms with E-state index in [4.69, 9.17) is 4.52 Å². The Labute approximate surface area is 171 Å². The normalized spacial score (nSPS) is 32.1. The molecule has 6 nitrogen and oxygen atoms in total. The maximum atomic E-state index is 13.6. The standard InChI is InChI=1S/C23H30N2O4/c1-14-17(15(2)29-24-14)12-21(27)25-18(16-8-5-4-6-9-16)13-23(3)20(25)11-7-10-19(26)22(23)28/h4-6,8-9,18-20,22,26,28H,7,10-13H2,1-3H3/t18-,19-,20-,22-,23-/m1/s1. The van der Waals surface area contributed by atoms with Crippen LogP contribution in [0.4, 0.5) is 0 Å². The molecule has 0 unspecified atom stereocenters. The monoisotopic (exact) mass is 398 g/mol. The number of fused-ring (bicyclic) bond motifs is 1. The molecule has 0 radical (unpaired) electrons. The van der Waals surface area contributed by atoms with Gasteiger partial charge in [0.1, 0.15) is 5.76 Å². The maximum absolute atomic E-state index is 13.6. The molecule has 6 heteroatoms. The summed E-state index contributed by atoms with van der Waals surface area (Å²) in [6.07, 6.45) is 1.39. The Bertz CT molecular complexity index is 861. The number of likely N-dealkylation sites (tertiary alicyclic amines) is 1. The van der Waals surface area contributed by atoms with Crippen molar-refractivity contribution >= 4 is 5.91 Å². The van der Waals surface area contributed by atoms with Crippen LogP contribution in [0.5, 0.6) is 0 Å². The first kappa shape index (κ1) is 20.1. The summed E-state index contributed by atoms with van der Waals surface area (Å²) in [5, 5.41) is 25.4. The van der Waals surface area contributed by atoms with Gasteiger partial charge in [0.05, 0.1) is 30.4 Å². The SMILES string of the molecule is Cc1noc(C)c1CC(=O)N1[C@@H](c2ccccc2)C[C@@]2(C)[C@H](O)[C@H](O)CCC[C@@H]12. The number of hydrogen-bond donors (Lipinski definition) is 2. The van der Waals surface area contributed by atoms with Crippen LogP contribution in [0.1, 0.15) is 61.2 Å². The minimum Gasteiger partial charge on any atom is -0.390 e. The highest BCUT2D eigenvalue weighted by molar-refractivity contribution is 5.80. The summed E-state index contributed by atoms with van der Waals surface area (Å²) in [6.45, 7) is 5.71. The fourth-order valence-corrected chi connectivity index (χ4v) is 5.39. The summed E-state index contributed by atoms with van der Waals surface area (Å²) >= 11 is 0. The van der Waals surface area contributed by atoms with Crippen molar-refractivity contribution in [3.05, 3.63) is 52.9 Å². The molecule has 2 aromatic rings. The molecule has 2 fully saturated rings. The highest BCUT2D eigenvalue weighted by Gasteiger charge is 2.56. The van der Waals surface area contributed by atoms with Gasteiger partial charge in [0, 0.05) is 17.0 Å². The molecule has 0 bridgehead atoms. The summed E-state index contributed by atoms with van der Waals surface area (Å²) in [4.78, 5) is 15.6. The molecule has 4 rings (SSSR count). The number of aromatic nitrogens is 1. The van der Waals surface area contributed by atoms with E-state index in [0.717, 1.165) is 29.7 Å². The van der Waals surface area contributed by atoms with Crippen molar-refractivity contribution in [1.29, 1.82) is 0 Å². The van der Waals surface area contributed by atoms with Gasteiger partial charge in [0.2, 0.25) is 5.91 Å². The average Bonchev–Trinajstić information content (AvgIpc) is 3.16. The Balaban J connectivity index is 1.73. The van der Waals surface area contributed by atoms with Gasteiger partial charge in [-0.15, -0.1) is 0 Å². The Morgan fingerprint density at radius 3 is 2.62 bits per heavy atom. The number of benzene rings is 1. The third-order valence-corrected chi connectivity index (χ3v) is 7.07. The van der Waals surface area contributed by atoms with E-state index in [0.29, 0.717) is 18.6 Å². The lowest BCUT2D eigenvalue weighted by atomic mass is 9.74. The first-order valence-electron chi connectivity index (χ1n) is 10.5. The Kier molecular flexibility index (Phi) is 5.25. The van der Waals surface area contributed by atoms with Crippen LogP contribution >= 0.6 is 0 Å². The van der Waals surface area contributed by atoms with E-state index < -0.39 is 17.6 Å². The lowest BCUT2D eigenvalue weighted by Gasteiger charge is -2.38. The lowest BCUT2D eigenvalue weighted by molar-refractivity contribution is -0.135. The van der Waals surface area contributed by atoms with Gasteiger partial charge in [-0.1, -0.05) is 42.4 Å². The number of aliphatic hydroxyl groups excluding tert-OH is 2. The van der Waals surface area contributed by atoms with Crippen molar-refractivity contribution in [2.45, 2.75) is 77.2 Å². The molecule has 1 aliphatic carbocycles. The lowest BCUT2D eigenvalue weighted by Crippen LogP contribution is -2.49. The summed E-state index contributed by atoms with van der Waals surface area (Å²) in [7, 11) is 0. The molecule has 1 amide bonds. The van der Waals surface area contributed by atoms with Crippen molar-refractivity contribution in [2.75, 3.05) is 0 Å². The number of nitrogens with zero attached hydrogens (tertiary/aromatic N) is 2. The first-order chi connectivity index (χ1) is 13.8. The van der Waals surface area contributed by atoms with Gasteiger partial charge < -0.3 is 19.6 Å². The zero-order valence-electron chi connectivity index (χ0n) is 17.3. The van der Waals surface area contributed by atoms with Gasteiger partial charge in [-0.2, -0.15) is 0 Å². The van der Waals surface area contributed by atoms with E-state index in [9.17, 15) is 15.0 Å². The predicted octanol–water partition coefficient (Wildman–Crippen LogP) is 3.09. The van der Waals surface area contributed by atoms with Gasteiger partial charge in [-0.05, 0) is 45.1 Å². The summed E-state index contributed by atoms with van der Waals surface area (Å²) in [5.41, 5.74) is 2.09. The molecule has 0 spiro atoms. The van der Waals surface area contributed by atoms with E-state index in [2.05, 4.69) is 5.16 Å². The van der Waals surface area contributed by atoms with E-state index in [1.54, 1.807) is 0 Å². The smallest absolute Gasteiger partial charge is 0.227 e. The molecule has 1 saturated heterocycles. The van der Waals surface area contributed by atoms with E-state index >= 15 is 0 Å². The molecule has 1 saturated carbocycles. The van der Waals surface area contributed by atoms with Crippen LogP contribution in [0, 0.1) is 19.3 Å². The van der Waals surface area contributed by atoms with Crippen molar-refractivity contribution in [2.24, 2.45) is 5.41 Å². The van der Waals surface area contributed by atoms with Gasteiger partial charge >= 0.3 is 0 Å². The zero-order valence-corrected chi connectivity index (χ0v) is 17.3. The van der Waals surface area contributed by atoms with Crippen molar-refractivity contribution in [1.82, 2.24) is 10.1 Å². The molecular weight excluding hydrogens is 368 g/mol. The average molecular weight is 399 g/mol. The fraction of sp³-hybridized carbons (Fsp3) is 0.565. The van der Waals surface area contributed by atoms with Crippen LogP contribution in [0.15, 0.2) is 34.9 Å². The first-order valence-corrected chi connectivity index (χ1v) is 10.5. The maximum Gasteiger partial charge on any atom is 0.227 e. The highest BCUT2D eigenvalue weighted by atomic mass is 16.5. The van der Waals surface area contributed by atoms with Gasteiger partial charge in [-0.3, -0.25) is 4.79 Å². The third-order valence-electron chi connectivity index (χ3n) is 7.07. The van der Waals surface area contributed by atoms with E-state index in [-0.39, 0.29) is 24.4 Å². The molecular formula is C23H30N2O4. The van der Waals surface area contributed by atoms with Gasteiger partial charge in [0.15, 0.2) is 0 Å². The minimum absolute atomic E-state index is 0.0190. The quantitative estimate of drug-likeness (QED) is 0.830. The molecule has 2 N–H and O–H groups in total. The van der Waals surface area contributed by atoms with Crippen LogP contribution in [-0.4, -0.2) is 44.4 Å². The summed E-state index contributed by atoms with van der Waals surface area (Å²) < 4.78 is 5.25. The van der Waals surface area contributed by atoms with Crippen LogP contribution in [0.2, 0.25) is 0 Å². The van der Waals surface area contributed by atoms with Crippen LogP contribution in [-0.2, 0) is 11.2 Å². The zero-order chi connectivity index (χ0) is 20.8. The molecule has 1 aromatic heterocycles. The largest absolute Gasteiger partial charge is 0.390 e. The van der Waals surface area contributed by atoms with E-state index in [1.165, 1.54) is 0 Å². The molecule has 1 aromatic carbocycles. The van der Waals surface area contributed by atoms with Gasteiger partial charge in [-0.25, -0.2) is 0 Å². The van der Waals surface area contributed by atoms with Crippen LogP contribution in [0.25, 0.3) is 0 Å². The number of hydrogen-bond acceptors (Lipinski definition) is 5. The number of carbonyl (C=O) groups is 1. The van der Waals surface area contributed by atoms with Crippen molar-refractivity contribution in [3.63, 3.8) is 0 Å². The molecule has 2 aliphatic rings. The van der Waals surface area contributed by atoms with Crippen molar-refractivity contribution in [3.8, 4) is 0 Å². The summed E-state index contributed by atoms with van der Waals surface area (Å²) in [5.74, 6) is 0.691. The molecule has 156 valence electrons. The topological polar surface area (TPSA) is 86.8 Å². The number of aliphatic hydroxyl groups is 2. The molecule has 5 atom stereocenters. The molecule has 2 heterocycles. The van der Waals surface area contributed by atoms with Crippen molar-refractivity contribution < 1.29 is 19.5 Å². The molecule has 1 aliphatic heterocycles. The van der Waals surface area contributed by atoms with Gasteiger partial charge in [0.25, 0.3) is 0 Å². The Morgan fingerprint density at radius 1 is 1.24 bits per heavy atom. The number of carbonyl (C=O) groups excluding carboxylic acids is 1. The Morgan fingerprint density at radius 2 is 1.97 bits per heavy atom. The summed E-state index contributed by atoms with van der Waals surface area (Å²) in [6, 6.07) is 9.76. The predicted molar refractivity (Wildman–Crippen MR) is 108 cm³/mol. The van der Waals surface area contributed by atoms with Crippen LogP contribution < -0.4 is 0 Å². The fourth-order valence-electron chi connectivity index (χ4n) is 5.39. The minimum atomic E-state index is -0.849. The van der Waals surface area contributed by atoms with Crippen LogP contribution in [0.3, 0.4) is 0 Å². The number of aryl methyl sites for hydroxylation is 2. The van der Waals surface area contributed by atoms with E-state index in [1.807, 2.05) is 56.0 Å². The number of amides is 1. The second-order valence-electron chi connectivity index (χ2n) is 8.88. The highest BCUT2D eigenvalue weighted by Crippen LogP contribution is 2.53. The molecule has 29 heavy (non-hydrogen) atoms. The Hall–Kier alpha value is -2.18. The second-order valence-corrected chi connectivity index (χ2v) is 8.88. The number of rotatable bonds is 3. The third kappa shape index (κ3) is 3.38. The second kappa shape index (κ2) is 7.58.